The molecule has 0 aliphatic carbocycles. The van der Waals surface area contributed by atoms with Crippen LogP contribution in [-0.2, 0) is 16.1 Å². The SMILES string of the molecule is O=C(NC1CCOCC1OCc1cscn1)c1cnccn1. The predicted octanol–water partition coefficient (Wildman–Crippen LogP) is 1.04. The number of aromatic nitrogens is 3. The maximum atomic E-state index is 12.2. The average Bonchev–Trinajstić information content (AvgIpc) is 3.08. The van der Waals surface area contributed by atoms with Crippen molar-refractivity contribution in [3.8, 4) is 0 Å². The first-order valence-corrected chi connectivity index (χ1v) is 7.90. The number of thiazole rings is 1. The first-order chi connectivity index (χ1) is 10.8. The van der Waals surface area contributed by atoms with E-state index < -0.39 is 0 Å². The zero-order valence-electron chi connectivity index (χ0n) is 11.8. The molecule has 1 aliphatic heterocycles. The lowest BCUT2D eigenvalue weighted by atomic mass is 10.1. The number of amides is 1. The highest BCUT2D eigenvalue weighted by Crippen LogP contribution is 2.14. The van der Waals surface area contributed by atoms with Crippen LogP contribution in [0.5, 0.6) is 0 Å². The quantitative estimate of drug-likeness (QED) is 0.886. The van der Waals surface area contributed by atoms with Crippen LogP contribution in [0.4, 0.5) is 0 Å². The minimum atomic E-state index is -0.248. The third kappa shape index (κ3) is 3.85. The summed E-state index contributed by atoms with van der Waals surface area (Å²) >= 11 is 1.53. The Labute approximate surface area is 131 Å². The Kier molecular flexibility index (Phi) is 5.04. The molecule has 2 aromatic rings. The molecule has 2 atom stereocenters. The molecular formula is C14H16N4O3S. The van der Waals surface area contributed by atoms with Gasteiger partial charge in [-0.3, -0.25) is 9.78 Å². The molecule has 0 bridgehead atoms. The number of nitrogens with zero attached hydrogens (tertiary/aromatic N) is 3. The third-order valence-corrected chi connectivity index (χ3v) is 3.98. The van der Waals surface area contributed by atoms with Crippen molar-refractivity contribution in [3.63, 3.8) is 0 Å². The number of carbonyl (C=O) groups excluding carboxylic acids is 1. The summed E-state index contributed by atoms with van der Waals surface area (Å²) in [5.74, 6) is -0.248. The summed E-state index contributed by atoms with van der Waals surface area (Å²) in [6.07, 6.45) is 4.98. The molecule has 3 heterocycles. The van der Waals surface area contributed by atoms with Crippen LogP contribution >= 0.6 is 11.3 Å². The first kappa shape index (κ1) is 15.0. The molecule has 0 radical (unpaired) electrons. The van der Waals surface area contributed by atoms with Gasteiger partial charge in [-0.1, -0.05) is 0 Å². The Hall–Kier alpha value is -1.90. The van der Waals surface area contributed by atoms with Gasteiger partial charge in [0.05, 0.1) is 36.7 Å². The number of ether oxygens (including phenoxy) is 2. The molecule has 2 unspecified atom stereocenters. The van der Waals surface area contributed by atoms with E-state index in [-0.39, 0.29) is 18.1 Å². The van der Waals surface area contributed by atoms with Gasteiger partial charge < -0.3 is 14.8 Å². The summed E-state index contributed by atoms with van der Waals surface area (Å²) in [4.78, 5) is 24.3. The van der Waals surface area contributed by atoms with Gasteiger partial charge in [0, 0.05) is 24.4 Å². The Morgan fingerprint density at radius 1 is 1.45 bits per heavy atom. The van der Waals surface area contributed by atoms with Gasteiger partial charge in [0.15, 0.2) is 0 Å². The molecular weight excluding hydrogens is 304 g/mol. The summed E-state index contributed by atoms with van der Waals surface area (Å²) in [7, 11) is 0. The van der Waals surface area contributed by atoms with Gasteiger partial charge in [-0.2, -0.15) is 0 Å². The molecule has 0 saturated carbocycles. The third-order valence-electron chi connectivity index (χ3n) is 3.35. The molecule has 1 saturated heterocycles. The standard InChI is InChI=1S/C14H16N4O3S/c19-14(12-5-15-2-3-16-12)18-11-1-4-20-7-13(11)21-6-10-8-22-9-17-10/h2-3,5,8-9,11,13H,1,4,6-7H2,(H,18,19). The molecule has 22 heavy (non-hydrogen) atoms. The lowest BCUT2D eigenvalue weighted by molar-refractivity contribution is -0.0742. The van der Waals surface area contributed by atoms with Crippen molar-refractivity contribution in [1.82, 2.24) is 20.3 Å². The second kappa shape index (κ2) is 7.39. The lowest BCUT2D eigenvalue weighted by Gasteiger charge is -2.31. The number of rotatable bonds is 5. The number of nitrogens with one attached hydrogen (secondary N) is 1. The molecule has 0 aromatic carbocycles. The van der Waals surface area contributed by atoms with E-state index in [0.717, 1.165) is 5.69 Å². The summed E-state index contributed by atoms with van der Waals surface area (Å²) in [6, 6.07) is -0.109. The van der Waals surface area contributed by atoms with Crippen LogP contribution in [0.2, 0.25) is 0 Å². The summed E-state index contributed by atoms with van der Waals surface area (Å²) in [6.45, 7) is 1.46. The summed E-state index contributed by atoms with van der Waals surface area (Å²) < 4.78 is 11.3. The zero-order chi connectivity index (χ0) is 15.2. The average molecular weight is 320 g/mol. The number of hydrogen-bond donors (Lipinski definition) is 1. The highest BCUT2D eigenvalue weighted by Gasteiger charge is 2.28. The van der Waals surface area contributed by atoms with Gasteiger partial charge in [0.1, 0.15) is 11.8 Å². The molecule has 116 valence electrons. The van der Waals surface area contributed by atoms with Crippen molar-refractivity contribution >= 4 is 17.2 Å². The van der Waals surface area contributed by atoms with Crippen molar-refractivity contribution in [1.29, 1.82) is 0 Å². The van der Waals surface area contributed by atoms with Crippen molar-refractivity contribution in [2.75, 3.05) is 13.2 Å². The van der Waals surface area contributed by atoms with Crippen LogP contribution in [-0.4, -0.2) is 46.2 Å². The normalized spacial score (nSPS) is 21.5. The van der Waals surface area contributed by atoms with Gasteiger partial charge in [-0.25, -0.2) is 9.97 Å². The van der Waals surface area contributed by atoms with Gasteiger partial charge in [-0.05, 0) is 6.42 Å². The fourth-order valence-corrected chi connectivity index (χ4v) is 2.74. The molecule has 8 heteroatoms. The van der Waals surface area contributed by atoms with Gasteiger partial charge >= 0.3 is 0 Å². The number of hydrogen-bond acceptors (Lipinski definition) is 7. The Morgan fingerprint density at radius 3 is 3.18 bits per heavy atom. The van der Waals surface area contributed by atoms with E-state index in [9.17, 15) is 4.79 Å². The lowest BCUT2D eigenvalue weighted by Crippen LogP contribution is -2.50. The van der Waals surface area contributed by atoms with Crippen LogP contribution in [0.25, 0.3) is 0 Å². The molecule has 1 N–H and O–H groups in total. The Balaban J connectivity index is 1.58. The van der Waals surface area contributed by atoms with Gasteiger partial charge in [-0.15, -0.1) is 11.3 Å². The van der Waals surface area contributed by atoms with Crippen LogP contribution in [0.15, 0.2) is 29.5 Å². The Morgan fingerprint density at radius 2 is 2.41 bits per heavy atom. The van der Waals surface area contributed by atoms with Gasteiger partial charge in [0.25, 0.3) is 5.91 Å². The summed E-state index contributed by atoms with van der Waals surface area (Å²) in [5.41, 5.74) is 2.95. The first-order valence-electron chi connectivity index (χ1n) is 6.96. The van der Waals surface area contributed by atoms with Crippen molar-refractivity contribution in [2.45, 2.75) is 25.2 Å². The van der Waals surface area contributed by atoms with Crippen LogP contribution in [0.3, 0.4) is 0 Å². The topological polar surface area (TPSA) is 86.2 Å². The molecule has 2 aromatic heterocycles. The van der Waals surface area contributed by atoms with Crippen LogP contribution < -0.4 is 5.32 Å². The van der Waals surface area contributed by atoms with E-state index in [1.807, 2.05) is 5.38 Å². The van der Waals surface area contributed by atoms with Gasteiger partial charge in [0.2, 0.25) is 0 Å². The molecule has 7 nitrogen and oxygen atoms in total. The van der Waals surface area contributed by atoms with Crippen LogP contribution in [0.1, 0.15) is 22.6 Å². The Bertz CT molecular complexity index is 593. The molecule has 0 spiro atoms. The largest absolute Gasteiger partial charge is 0.379 e. The van der Waals surface area contributed by atoms with E-state index in [4.69, 9.17) is 9.47 Å². The minimum Gasteiger partial charge on any atom is -0.379 e. The van der Waals surface area contributed by atoms with E-state index in [0.29, 0.717) is 31.9 Å². The van der Waals surface area contributed by atoms with Crippen molar-refractivity contribution in [3.05, 3.63) is 40.9 Å². The smallest absolute Gasteiger partial charge is 0.271 e. The second-order valence-corrected chi connectivity index (χ2v) is 5.58. The van der Waals surface area contributed by atoms with Crippen LogP contribution in [0, 0.1) is 0 Å². The minimum absolute atomic E-state index is 0.109. The van der Waals surface area contributed by atoms with E-state index in [1.165, 1.54) is 29.9 Å². The van der Waals surface area contributed by atoms with Crippen molar-refractivity contribution < 1.29 is 14.3 Å². The van der Waals surface area contributed by atoms with E-state index in [2.05, 4.69) is 20.3 Å². The summed E-state index contributed by atoms with van der Waals surface area (Å²) in [5, 5.41) is 4.89. The molecule has 1 amide bonds. The fraction of sp³-hybridized carbons (Fsp3) is 0.429. The zero-order valence-corrected chi connectivity index (χ0v) is 12.7. The van der Waals surface area contributed by atoms with Crippen molar-refractivity contribution in [2.24, 2.45) is 0 Å². The fourth-order valence-electron chi connectivity index (χ4n) is 2.20. The molecule has 1 aliphatic rings. The van der Waals surface area contributed by atoms with E-state index in [1.54, 1.807) is 5.51 Å². The second-order valence-electron chi connectivity index (χ2n) is 4.86. The predicted molar refractivity (Wildman–Crippen MR) is 79.4 cm³/mol. The maximum absolute atomic E-state index is 12.2. The maximum Gasteiger partial charge on any atom is 0.271 e. The molecule has 1 fully saturated rings. The highest BCUT2D eigenvalue weighted by atomic mass is 32.1. The molecule has 3 rings (SSSR count). The number of carbonyl (C=O) groups is 1. The highest BCUT2D eigenvalue weighted by molar-refractivity contribution is 7.07. The monoisotopic (exact) mass is 320 g/mol. The van der Waals surface area contributed by atoms with E-state index >= 15 is 0 Å².